The van der Waals surface area contributed by atoms with Crippen LogP contribution in [0.1, 0.15) is 30.9 Å². The van der Waals surface area contributed by atoms with E-state index in [1.807, 2.05) is 74.7 Å². The quantitative estimate of drug-likeness (QED) is 0.314. The first-order valence-corrected chi connectivity index (χ1v) is 11.8. The van der Waals surface area contributed by atoms with E-state index in [9.17, 15) is 9.90 Å². The molecule has 0 spiro atoms. The van der Waals surface area contributed by atoms with Crippen LogP contribution in [-0.4, -0.2) is 34.9 Å². The Morgan fingerprint density at radius 2 is 1.94 bits per heavy atom. The first-order valence-electron chi connectivity index (χ1n) is 10.9. The molecule has 0 radical (unpaired) electrons. The van der Waals surface area contributed by atoms with Crippen molar-refractivity contribution in [1.82, 2.24) is 4.98 Å². The van der Waals surface area contributed by atoms with Gasteiger partial charge >= 0.3 is 5.97 Å². The molecule has 6 nitrogen and oxygen atoms in total. The van der Waals surface area contributed by atoms with Crippen LogP contribution in [0.15, 0.2) is 58.3 Å². The number of thiophene rings is 1. The van der Waals surface area contributed by atoms with Crippen LogP contribution in [0.5, 0.6) is 5.75 Å². The highest BCUT2D eigenvalue weighted by Crippen LogP contribution is 2.34. The molecule has 1 atom stereocenters. The molecule has 0 aliphatic carbocycles. The number of hydrogen-bond donors (Lipinski definition) is 1. The Morgan fingerprint density at radius 1 is 1.15 bits per heavy atom. The number of carboxylic acid groups (broad SMARTS) is 1. The van der Waals surface area contributed by atoms with Crippen LogP contribution in [0.2, 0.25) is 0 Å². The van der Waals surface area contributed by atoms with Crippen molar-refractivity contribution in [3.8, 4) is 17.2 Å². The minimum atomic E-state index is -0.952. The lowest BCUT2D eigenvalue weighted by Crippen LogP contribution is -2.29. The van der Waals surface area contributed by atoms with E-state index in [1.165, 1.54) is 0 Å². The Labute approximate surface area is 196 Å². The summed E-state index contributed by atoms with van der Waals surface area (Å²) in [5, 5.41) is 12.5. The van der Waals surface area contributed by atoms with Crippen LogP contribution >= 0.6 is 11.3 Å². The average molecular weight is 466 g/mol. The van der Waals surface area contributed by atoms with Crippen molar-refractivity contribution < 1.29 is 23.8 Å². The van der Waals surface area contributed by atoms with Crippen LogP contribution in [0.3, 0.4) is 0 Å². The molecular weight excluding hydrogens is 438 g/mol. The number of benzene rings is 2. The van der Waals surface area contributed by atoms with E-state index in [2.05, 4.69) is 4.98 Å². The molecule has 0 saturated carbocycles. The number of aryl methyl sites for hydroxylation is 1. The van der Waals surface area contributed by atoms with Gasteiger partial charge in [0, 0.05) is 28.5 Å². The van der Waals surface area contributed by atoms with E-state index < -0.39 is 12.1 Å². The van der Waals surface area contributed by atoms with Gasteiger partial charge in [0.25, 0.3) is 0 Å². The molecule has 0 saturated heterocycles. The Balaban J connectivity index is 1.45. The number of nitrogens with zero attached hydrogens (tertiary/aromatic N) is 1. The van der Waals surface area contributed by atoms with Gasteiger partial charge < -0.3 is 19.0 Å². The van der Waals surface area contributed by atoms with Crippen molar-refractivity contribution in [2.24, 2.45) is 0 Å². The summed E-state index contributed by atoms with van der Waals surface area (Å²) in [6.07, 6.45) is -0.102. The molecule has 2 aromatic heterocycles. The van der Waals surface area contributed by atoms with Crippen LogP contribution in [0.4, 0.5) is 0 Å². The number of aliphatic carboxylic acids is 1. The van der Waals surface area contributed by atoms with Gasteiger partial charge in [-0.1, -0.05) is 24.3 Å². The first-order chi connectivity index (χ1) is 15.9. The predicted molar refractivity (Wildman–Crippen MR) is 129 cm³/mol. The third kappa shape index (κ3) is 5.43. The second-order valence-electron chi connectivity index (χ2n) is 8.09. The zero-order chi connectivity index (χ0) is 23.4. The van der Waals surface area contributed by atoms with Crippen molar-refractivity contribution in [1.29, 1.82) is 0 Å². The van der Waals surface area contributed by atoms with Gasteiger partial charge in [-0.05, 0) is 56.0 Å². The van der Waals surface area contributed by atoms with Gasteiger partial charge in [-0.3, -0.25) is 0 Å². The fraction of sp³-hybridized carbons (Fsp3) is 0.308. The maximum atomic E-state index is 11.6. The minimum absolute atomic E-state index is 0.157. The molecule has 0 aliphatic rings. The number of carboxylic acids is 1. The van der Waals surface area contributed by atoms with Crippen molar-refractivity contribution >= 4 is 27.4 Å². The van der Waals surface area contributed by atoms with Gasteiger partial charge in [0.2, 0.25) is 5.89 Å². The van der Waals surface area contributed by atoms with Crippen LogP contribution in [0.25, 0.3) is 21.5 Å². The van der Waals surface area contributed by atoms with Crippen molar-refractivity contribution in [2.75, 3.05) is 6.61 Å². The summed E-state index contributed by atoms with van der Waals surface area (Å²) in [5.41, 5.74) is 2.77. The lowest BCUT2D eigenvalue weighted by Gasteiger charge is -2.17. The Bertz CT molecular complexity index is 1230. The third-order valence-corrected chi connectivity index (χ3v) is 6.28. The molecule has 0 unspecified atom stereocenters. The van der Waals surface area contributed by atoms with Gasteiger partial charge in [0.15, 0.2) is 6.10 Å². The first kappa shape index (κ1) is 23.0. The number of ether oxygens (including phenoxy) is 2. The predicted octanol–water partition coefficient (Wildman–Crippen LogP) is 5.91. The monoisotopic (exact) mass is 465 g/mol. The van der Waals surface area contributed by atoms with Crippen molar-refractivity contribution in [3.05, 3.63) is 70.9 Å². The highest BCUT2D eigenvalue weighted by molar-refractivity contribution is 7.17. The summed E-state index contributed by atoms with van der Waals surface area (Å²) in [4.78, 5) is 16.3. The lowest BCUT2D eigenvalue weighted by atomic mass is 10.1. The van der Waals surface area contributed by atoms with Gasteiger partial charge in [-0.15, -0.1) is 11.3 Å². The summed E-state index contributed by atoms with van der Waals surface area (Å²) in [6.45, 7) is 6.05. The van der Waals surface area contributed by atoms with E-state index >= 15 is 0 Å². The topological polar surface area (TPSA) is 81.8 Å². The summed E-state index contributed by atoms with van der Waals surface area (Å²) in [7, 11) is 0. The average Bonchev–Trinajstić information content (AvgIpc) is 3.42. The zero-order valence-corrected chi connectivity index (χ0v) is 19.7. The SMILES string of the molecule is Cc1oc(-c2ccccc2)nc1CCOc1ccc(C[C@H](OC(C)C)C(=O)O)c2sccc12. The molecule has 33 heavy (non-hydrogen) atoms. The molecule has 0 bridgehead atoms. The van der Waals surface area contributed by atoms with E-state index in [-0.39, 0.29) is 6.10 Å². The Hall–Kier alpha value is -3.16. The Morgan fingerprint density at radius 3 is 2.67 bits per heavy atom. The minimum Gasteiger partial charge on any atom is -0.493 e. The summed E-state index contributed by atoms with van der Waals surface area (Å²) in [5.74, 6) is 1.23. The van der Waals surface area contributed by atoms with Gasteiger partial charge in [0.1, 0.15) is 11.5 Å². The number of rotatable bonds is 10. The smallest absolute Gasteiger partial charge is 0.333 e. The van der Waals surface area contributed by atoms with E-state index in [0.29, 0.717) is 25.3 Å². The molecule has 0 amide bonds. The maximum Gasteiger partial charge on any atom is 0.333 e. The molecule has 4 aromatic rings. The van der Waals surface area contributed by atoms with Crippen molar-refractivity contribution in [2.45, 2.75) is 45.8 Å². The molecule has 1 N–H and O–H groups in total. The lowest BCUT2D eigenvalue weighted by molar-refractivity contribution is -0.153. The second-order valence-corrected chi connectivity index (χ2v) is 9.00. The highest BCUT2D eigenvalue weighted by atomic mass is 32.1. The van der Waals surface area contributed by atoms with E-state index in [1.54, 1.807) is 11.3 Å². The van der Waals surface area contributed by atoms with Crippen molar-refractivity contribution in [3.63, 3.8) is 0 Å². The van der Waals surface area contributed by atoms with E-state index in [4.69, 9.17) is 13.9 Å². The standard InChI is InChI=1S/C26H27NO5S/c1-16(2)31-23(26(28)29)15-19-9-10-22(20-12-14-33-24(19)20)30-13-11-21-17(3)32-25(27-21)18-7-5-4-6-8-18/h4-10,12,14,16,23H,11,13,15H2,1-3H3,(H,28,29)/t23-/m0/s1. The third-order valence-electron chi connectivity index (χ3n) is 5.29. The summed E-state index contributed by atoms with van der Waals surface area (Å²) >= 11 is 1.58. The maximum absolute atomic E-state index is 11.6. The molecule has 4 rings (SSSR count). The molecule has 0 fully saturated rings. The van der Waals surface area contributed by atoms with E-state index in [0.717, 1.165) is 38.4 Å². The normalized spacial score (nSPS) is 12.4. The number of carbonyl (C=O) groups is 1. The Kier molecular flexibility index (Phi) is 7.11. The second kappa shape index (κ2) is 10.2. The number of fused-ring (bicyclic) bond motifs is 1. The number of oxazole rings is 1. The fourth-order valence-corrected chi connectivity index (χ4v) is 4.66. The van der Waals surface area contributed by atoms with Gasteiger partial charge in [-0.25, -0.2) is 9.78 Å². The molecular formula is C26H27NO5S. The fourth-order valence-electron chi connectivity index (χ4n) is 3.72. The molecule has 2 heterocycles. The van der Waals surface area contributed by atoms with Crippen LogP contribution in [0, 0.1) is 6.92 Å². The van der Waals surface area contributed by atoms with Gasteiger partial charge in [0.05, 0.1) is 18.4 Å². The largest absolute Gasteiger partial charge is 0.493 e. The van der Waals surface area contributed by atoms with Crippen LogP contribution < -0.4 is 4.74 Å². The highest BCUT2D eigenvalue weighted by Gasteiger charge is 2.22. The molecule has 2 aromatic carbocycles. The summed E-state index contributed by atoms with van der Waals surface area (Å²) < 4.78 is 18.5. The molecule has 7 heteroatoms. The van der Waals surface area contributed by atoms with Crippen LogP contribution in [-0.2, 0) is 22.4 Å². The number of hydrogen-bond acceptors (Lipinski definition) is 6. The molecule has 172 valence electrons. The zero-order valence-electron chi connectivity index (χ0n) is 18.9. The summed E-state index contributed by atoms with van der Waals surface area (Å²) in [6, 6.07) is 15.7. The number of aromatic nitrogens is 1. The van der Waals surface area contributed by atoms with Gasteiger partial charge in [-0.2, -0.15) is 0 Å². The molecule has 0 aliphatic heterocycles.